The Morgan fingerprint density at radius 3 is 1.40 bits per heavy atom. The molecule has 4 heterocycles. The van der Waals surface area contributed by atoms with Crippen molar-refractivity contribution in [3.05, 3.63) is 62.1 Å². The molecule has 8 heteroatoms. The molecule has 6 rings (SSSR count). The average molecular weight is 565 g/mol. The second-order valence-electron chi connectivity index (χ2n) is 12.8. The first-order valence-electron chi connectivity index (χ1n) is 15.2. The van der Waals surface area contributed by atoms with E-state index in [1.54, 1.807) is 6.33 Å². The van der Waals surface area contributed by atoms with Crippen LogP contribution in [-0.2, 0) is 0 Å². The van der Waals surface area contributed by atoms with Crippen LogP contribution in [0.4, 0.5) is 0 Å². The summed E-state index contributed by atoms with van der Waals surface area (Å²) in [5.74, 6) is 1.44. The summed E-state index contributed by atoms with van der Waals surface area (Å²) in [5.41, 5.74) is 15.1. The van der Waals surface area contributed by atoms with E-state index in [-0.39, 0.29) is 0 Å². The number of hydrogen-bond acceptors (Lipinski definition) is 7. The number of benzene rings is 2. The van der Waals surface area contributed by atoms with Crippen LogP contribution in [0.5, 0.6) is 0 Å². The lowest BCUT2D eigenvalue weighted by molar-refractivity contribution is 0.826. The van der Waals surface area contributed by atoms with Crippen LogP contribution in [0.25, 0.3) is 33.1 Å². The Hall–Kier alpha value is -3.81. The molecule has 2 aromatic carbocycles. The molecule has 0 saturated heterocycles. The largest absolute Gasteiger partial charge is 0.356 e. The molecule has 0 saturated carbocycles. The fourth-order valence-corrected chi connectivity index (χ4v) is 6.08. The topological polar surface area (TPSA) is 105 Å². The Kier molecular flexibility index (Phi) is 7.86. The van der Waals surface area contributed by atoms with Crippen LogP contribution in [0.15, 0.2) is 16.3 Å². The molecule has 1 aliphatic heterocycles. The maximum Gasteiger partial charge on any atom is 0.130 e. The third-order valence-corrected chi connectivity index (χ3v) is 8.32. The van der Waals surface area contributed by atoms with E-state index in [9.17, 15) is 0 Å². The number of nitrogens with one attached hydrogen (secondary N) is 1. The number of fused-ring (bicyclic) bond motifs is 4. The molecule has 0 spiro atoms. The van der Waals surface area contributed by atoms with Crippen molar-refractivity contribution in [2.45, 2.75) is 107 Å². The quantitative estimate of drug-likeness (QED) is 0.251. The van der Waals surface area contributed by atoms with Gasteiger partial charge in [-0.1, -0.05) is 55.4 Å². The standard InChI is InChI=1S/2C17H22N4/c2*1-8(2)12-14-15(19-7-18-14)13(9(3)4)17-16(12)20-10(5)11(6)21-17/h8-9H,7H2,1-6H3;7-9,20H,1-6H3. The molecule has 1 N–H and O–H groups in total. The van der Waals surface area contributed by atoms with Crippen molar-refractivity contribution in [3.8, 4) is 0 Å². The van der Waals surface area contributed by atoms with Crippen LogP contribution in [0, 0.1) is 27.7 Å². The van der Waals surface area contributed by atoms with Gasteiger partial charge in [-0.15, -0.1) is 0 Å². The number of nitrogens with zero attached hydrogens (tertiary/aromatic N) is 7. The molecule has 5 aromatic rings. The summed E-state index contributed by atoms with van der Waals surface area (Å²) in [5, 5.41) is 2.08. The minimum atomic E-state index is 0.357. The Balaban J connectivity index is 0.000000168. The summed E-state index contributed by atoms with van der Waals surface area (Å²) in [6.45, 7) is 26.2. The zero-order valence-corrected chi connectivity index (χ0v) is 27.2. The van der Waals surface area contributed by atoms with Crippen molar-refractivity contribution in [3.63, 3.8) is 0 Å². The first kappa shape index (κ1) is 29.7. The SMILES string of the molecule is Cc1nc2c(C(C)C)c3c(c(C(C)C)c2nc1C)=NCN=3.Cc1nc2c(C(C)C)c3ncnc3c(C(C)C)c2[nH]c1C. The Morgan fingerprint density at radius 1 is 0.524 bits per heavy atom. The number of rotatable bonds is 4. The van der Waals surface area contributed by atoms with Crippen molar-refractivity contribution in [1.29, 1.82) is 0 Å². The van der Waals surface area contributed by atoms with E-state index in [4.69, 9.17) is 15.0 Å². The van der Waals surface area contributed by atoms with E-state index in [0.717, 1.165) is 66.6 Å². The van der Waals surface area contributed by atoms with E-state index in [2.05, 4.69) is 87.3 Å². The highest BCUT2D eigenvalue weighted by Gasteiger charge is 2.23. The smallest absolute Gasteiger partial charge is 0.130 e. The molecular formula is C34H44N8. The number of H-pyrrole nitrogens is 1. The molecule has 0 amide bonds. The molecule has 0 atom stereocenters. The minimum Gasteiger partial charge on any atom is -0.356 e. The Labute approximate surface area is 248 Å². The highest BCUT2D eigenvalue weighted by atomic mass is 15.0. The summed E-state index contributed by atoms with van der Waals surface area (Å²) >= 11 is 0. The van der Waals surface area contributed by atoms with Crippen LogP contribution < -0.4 is 10.7 Å². The Morgan fingerprint density at radius 2 is 0.952 bits per heavy atom. The molecule has 0 bridgehead atoms. The molecule has 0 aliphatic carbocycles. The monoisotopic (exact) mass is 564 g/mol. The fourth-order valence-electron chi connectivity index (χ4n) is 6.08. The van der Waals surface area contributed by atoms with Gasteiger partial charge in [-0.25, -0.2) is 24.9 Å². The van der Waals surface area contributed by atoms with Gasteiger partial charge in [-0.2, -0.15) is 0 Å². The lowest BCUT2D eigenvalue weighted by atomic mass is 9.92. The van der Waals surface area contributed by atoms with E-state index in [1.165, 1.54) is 22.3 Å². The summed E-state index contributed by atoms with van der Waals surface area (Å²) < 4.78 is 0. The van der Waals surface area contributed by atoms with Crippen LogP contribution in [0.1, 0.15) is 124 Å². The summed E-state index contributed by atoms with van der Waals surface area (Å²) in [4.78, 5) is 36.4. The molecule has 0 fully saturated rings. The van der Waals surface area contributed by atoms with Crippen molar-refractivity contribution < 1.29 is 0 Å². The number of hydrogen-bond donors (Lipinski definition) is 1. The molecule has 1 aliphatic rings. The van der Waals surface area contributed by atoms with Gasteiger partial charge >= 0.3 is 0 Å². The second kappa shape index (κ2) is 11.1. The van der Waals surface area contributed by atoms with Crippen LogP contribution in [0.3, 0.4) is 0 Å². The van der Waals surface area contributed by atoms with Crippen LogP contribution in [0.2, 0.25) is 0 Å². The predicted molar refractivity (Wildman–Crippen MR) is 171 cm³/mol. The number of aromatic nitrogens is 6. The van der Waals surface area contributed by atoms with Crippen LogP contribution in [-0.4, -0.2) is 36.6 Å². The zero-order chi connectivity index (χ0) is 30.6. The highest BCUT2D eigenvalue weighted by Crippen LogP contribution is 2.37. The molecular weight excluding hydrogens is 520 g/mol. The maximum atomic E-state index is 4.87. The number of aromatic amines is 1. The predicted octanol–water partition coefficient (Wildman–Crippen LogP) is 7.07. The highest BCUT2D eigenvalue weighted by molar-refractivity contribution is 6.00. The molecule has 3 aromatic heterocycles. The average Bonchev–Trinajstić information content (AvgIpc) is 3.57. The number of aryl methyl sites for hydroxylation is 4. The maximum absolute atomic E-state index is 4.87. The van der Waals surface area contributed by atoms with E-state index < -0.39 is 0 Å². The van der Waals surface area contributed by atoms with Gasteiger partial charge in [-0.3, -0.25) is 9.98 Å². The van der Waals surface area contributed by atoms with Gasteiger partial charge < -0.3 is 4.98 Å². The van der Waals surface area contributed by atoms with Gasteiger partial charge in [0.2, 0.25) is 0 Å². The van der Waals surface area contributed by atoms with E-state index in [0.29, 0.717) is 30.3 Å². The molecule has 0 radical (unpaired) electrons. The van der Waals surface area contributed by atoms with Gasteiger partial charge in [0, 0.05) is 27.9 Å². The first-order chi connectivity index (χ1) is 19.8. The first-order valence-corrected chi connectivity index (χ1v) is 15.2. The van der Waals surface area contributed by atoms with Crippen molar-refractivity contribution in [2.75, 3.05) is 6.67 Å². The van der Waals surface area contributed by atoms with Crippen molar-refractivity contribution in [1.82, 2.24) is 29.9 Å². The van der Waals surface area contributed by atoms with Crippen molar-refractivity contribution >= 4 is 33.1 Å². The summed E-state index contributed by atoms with van der Waals surface area (Å²) in [6, 6.07) is 0. The molecule has 42 heavy (non-hydrogen) atoms. The van der Waals surface area contributed by atoms with Gasteiger partial charge in [0.1, 0.15) is 13.0 Å². The third-order valence-electron chi connectivity index (χ3n) is 8.32. The molecule has 0 unspecified atom stereocenters. The van der Waals surface area contributed by atoms with E-state index in [1.807, 2.05) is 20.8 Å². The molecule has 220 valence electrons. The zero-order valence-electron chi connectivity index (χ0n) is 27.2. The van der Waals surface area contributed by atoms with Gasteiger partial charge in [0.15, 0.2) is 0 Å². The summed E-state index contributed by atoms with van der Waals surface area (Å²) in [6.07, 6.45) is 1.67. The fraction of sp³-hybridized carbons (Fsp3) is 0.500. The van der Waals surface area contributed by atoms with Gasteiger partial charge in [0.25, 0.3) is 0 Å². The third kappa shape index (κ3) is 4.84. The van der Waals surface area contributed by atoms with Gasteiger partial charge in [0.05, 0.1) is 60.9 Å². The van der Waals surface area contributed by atoms with Crippen LogP contribution >= 0.6 is 0 Å². The lowest BCUT2D eigenvalue weighted by Gasteiger charge is -2.18. The molecule has 8 nitrogen and oxygen atoms in total. The van der Waals surface area contributed by atoms with Gasteiger partial charge in [-0.05, 0) is 51.4 Å². The van der Waals surface area contributed by atoms with Crippen molar-refractivity contribution in [2.24, 2.45) is 9.98 Å². The summed E-state index contributed by atoms with van der Waals surface area (Å²) in [7, 11) is 0. The lowest BCUT2D eigenvalue weighted by Crippen LogP contribution is -2.32. The normalized spacial score (nSPS) is 13.0. The minimum absolute atomic E-state index is 0.357. The Bertz CT molecular complexity index is 1820. The number of imidazole rings is 1. The second-order valence-corrected chi connectivity index (χ2v) is 12.8. The van der Waals surface area contributed by atoms with E-state index >= 15 is 0 Å².